The van der Waals surface area contributed by atoms with Gasteiger partial charge in [-0.2, -0.15) is 0 Å². The molecule has 1 unspecified atom stereocenters. The van der Waals surface area contributed by atoms with Gasteiger partial charge in [-0.25, -0.2) is 4.79 Å². The van der Waals surface area contributed by atoms with E-state index in [1.807, 2.05) is 86.6 Å². The summed E-state index contributed by atoms with van der Waals surface area (Å²) in [5.41, 5.74) is 5.49. The second-order valence-electron chi connectivity index (χ2n) is 6.46. The zero-order valence-corrected chi connectivity index (χ0v) is 15.0. The van der Waals surface area contributed by atoms with Gasteiger partial charge in [0.2, 0.25) is 0 Å². The van der Waals surface area contributed by atoms with Crippen LogP contribution in [0.1, 0.15) is 16.7 Å². The van der Waals surface area contributed by atoms with E-state index in [4.69, 9.17) is 4.74 Å². The van der Waals surface area contributed by atoms with Gasteiger partial charge in [0, 0.05) is 6.42 Å². The molecule has 1 atom stereocenters. The van der Waals surface area contributed by atoms with Crippen molar-refractivity contribution in [2.75, 3.05) is 0 Å². The average Bonchev–Trinajstić information content (AvgIpc) is 2.65. The van der Waals surface area contributed by atoms with E-state index in [-0.39, 0.29) is 0 Å². The fraction of sp³-hybridized carbons (Fsp3) is 0.174. The highest BCUT2D eigenvalue weighted by molar-refractivity contribution is 5.73. The van der Waals surface area contributed by atoms with Gasteiger partial charge in [-0.15, -0.1) is 0 Å². The summed E-state index contributed by atoms with van der Waals surface area (Å²) >= 11 is 0. The highest BCUT2D eigenvalue weighted by atomic mass is 16.5. The molecular formula is C23H22O3. The van der Waals surface area contributed by atoms with Crippen LogP contribution in [0, 0.1) is 13.8 Å². The van der Waals surface area contributed by atoms with Gasteiger partial charge in [0.15, 0.2) is 6.10 Å². The smallest absolute Gasteiger partial charge is 0.345 e. The maximum Gasteiger partial charge on any atom is 0.345 e. The number of hydrogen-bond donors (Lipinski definition) is 1. The van der Waals surface area contributed by atoms with Crippen molar-refractivity contribution in [3.05, 3.63) is 89.5 Å². The number of carbonyl (C=O) groups is 1. The van der Waals surface area contributed by atoms with E-state index in [1.165, 1.54) is 5.56 Å². The van der Waals surface area contributed by atoms with E-state index in [1.54, 1.807) is 0 Å². The summed E-state index contributed by atoms with van der Waals surface area (Å²) in [6, 6.07) is 23.5. The Hall–Kier alpha value is -3.07. The summed E-state index contributed by atoms with van der Waals surface area (Å²) in [5.74, 6) is -0.406. The Balaban J connectivity index is 1.73. The highest BCUT2D eigenvalue weighted by Gasteiger charge is 2.20. The summed E-state index contributed by atoms with van der Waals surface area (Å²) in [7, 11) is 0. The van der Waals surface area contributed by atoms with E-state index >= 15 is 0 Å². The first-order chi connectivity index (χ1) is 12.5. The van der Waals surface area contributed by atoms with Crippen molar-refractivity contribution in [3.8, 4) is 16.9 Å². The molecule has 26 heavy (non-hydrogen) atoms. The van der Waals surface area contributed by atoms with E-state index in [2.05, 4.69) is 0 Å². The number of benzene rings is 3. The van der Waals surface area contributed by atoms with Crippen molar-refractivity contribution in [2.24, 2.45) is 0 Å². The Morgan fingerprint density at radius 2 is 1.54 bits per heavy atom. The third kappa shape index (κ3) is 4.31. The fourth-order valence-corrected chi connectivity index (χ4v) is 2.84. The van der Waals surface area contributed by atoms with Crippen LogP contribution in [0.4, 0.5) is 0 Å². The number of carboxylic acids is 1. The van der Waals surface area contributed by atoms with Gasteiger partial charge in [0.1, 0.15) is 5.75 Å². The lowest BCUT2D eigenvalue weighted by Gasteiger charge is -2.16. The molecule has 0 spiro atoms. The first-order valence-electron chi connectivity index (χ1n) is 8.64. The van der Waals surface area contributed by atoms with Crippen molar-refractivity contribution in [3.63, 3.8) is 0 Å². The molecule has 132 valence electrons. The molecule has 0 aliphatic rings. The van der Waals surface area contributed by atoms with Gasteiger partial charge in [-0.05, 0) is 53.8 Å². The molecule has 0 aromatic heterocycles. The third-order valence-electron chi connectivity index (χ3n) is 4.51. The van der Waals surface area contributed by atoms with Crippen LogP contribution in [0.15, 0.2) is 72.8 Å². The Morgan fingerprint density at radius 3 is 2.15 bits per heavy atom. The van der Waals surface area contributed by atoms with Gasteiger partial charge in [-0.1, -0.05) is 60.7 Å². The molecule has 3 aromatic carbocycles. The number of aryl methyl sites for hydroxylation is 2. The Bertz CT molecular complexity index is 883. The lowest BCUT2D eigenvalue weighted by molar-refractivity contribution is -0.145. The van der Waals surface area contributed by atoms with Crippen LogP contribution in [-0.2, 0) is 11.2 Å². The normalized spacial score (nSPS) is 11.8. The van der Waals surface area contributed by atoms with Crippen LogP contribution >= 0.6 is 0 Å². The molecule has 0 aliphatic heterocycles. The van der Waals surface area contributed by atoms with Crippen molar-refractivity contribution < 1.29 is 14.6 Å². The molecule has 3 heteroatoms. The second-order valence-corrected chi connectivity index (χ2v) is 6.46. The molecule has 0 aliphatic carbocycles. The van der Waals surface area contributed by atoms with Crippen LogP contribution in [0.2, 0.25) is 0 Å². The van der Waals surface area contributed by atoms with Crippen LogP contribution in [-0.4, -0.2) is 17.2 Å². The first kappa shape index (κ1) is 17.7. The number of ether oxygens (including phenoxy) is 1. The van der Waals surface area contributed by atoms with Crippen LogP contribution in [0.25, 0.3) is 11.1 Å². The topological polar surface area (TPSA) is 46.5 Å². The molecule has 3 aromatic rings. The first-order valence-corrected chi connectivity index (χ1v) is 8.64. The Kier molecular flexibility index (Phi) is 5.37. The van der Waals surface area contributed by atoms with Gasteiger partial charge < -0.3 is 9.84 Å². The standard InChI is InChI=1S/C23H22O3/c1-16-8-9-18(14-17(16)2)15-22(23(24)25)26-21-12-10-20(11-13-21)19-6-4-3-5-7-19/h3-14,22H,15H2,1-2H3,(H,24,25). The molecule has 3 nitrogen and oxygen atoms in total. The molecule has 0 saturated heterocycles. The van der Waals surface area contributed by atoms with Crippen LogP contribution < -0.4 is 4.74 Å². The maximum absolute atomic E-state index is 11.6. The molecule has 0 radical (unpaired) electrons. The van der Waals surface area contributed by atoms with Gasteiger partial charge in [0.05, 0.1) is 0 Å². The Morgan fingerprint density at radius 1 is 0.885 bits per heavy atom. The summed E-state index contributed by atoms with van der Waals surface area (Å²) < 4.78 is 5.74. The summed E-state index contributed by atoms with van der Waals surface area (Å²) in [5, 5.41) is 9.53. The summed E-state index contributed by atoms with van der Waals surface area (Å²) in [6.45, 7) is 4.07. The molecule has 0 amide bonds. The third-order valence-corrected chi connectivity index (χ3v) is 4.51. The molecule has 0 fully saturated rings. The summed E-state index contributed by atoms with van der Waals surface area (Å²) in [6.07, 6.45) is -0.587. The lowest BCUT2D eigenvalue weighted by atomic mass is 10.0. The van der Waals surface area contributed by atoms with E-state index in [0.29, 0.717) is 12.2 Å². The average molecular weight is 346 g/mol. The van der Waals surface area contributed by atoms with Gasteiger partial charge in [-0.3, -0.25) is 0 Å². The lowest BCUT2D eigenvalue weighted by Crippen LogP contribution is -2.29. The largest absolute Gasteiger partial charge is 0.478 e. The molecule has 3 rings (SSSR count). The molecular weight excluding hydrogens is 324 g/mol. The predicted molar refractivity (Wildman–Crippen MR) is 104 cm³/mol. The number of rotatable bonds is 6. The zero-order chi connectivity index (χ0) is 18.5. The molecule has 0 saturated carbocycles. The molecule has 0 heterocycles. The SMILES string of the molecule is Cc1ccc(CC(Oc2ccc(-c3ccccc3)cc2)C(=O)O)cc1C. The number of hydrogen-bond acceptors (Lipinski definition) is 2. The van der Waals surface area contributed by atoms with E-state index in [0.717, 1.165) is 22.3 Å². The van der Waals surface area contributed by atoms with Crippen molar-refractivity contribution in [1.29, 1.82) is 0 Å². The van der Waals surface area contributed by atoms with Crippen molar-refractivity contribution in [1.82, 2.24) is 0 Å². The van der Waals surface area contributed by atoms with Crippen LogP contribution in [0.5, 0.6) is 5.75 Å². The monoisotopic (exact) mass is 346 g/mol. The minimum Gasteiger partial charge on any atom is -0.478 e. The minimum absolute atomic E-state index is 0.330. The predicted octanol–water partition coefficient (Wildman–Crippen LogP) is 5.05. The Labute approximate surface area is 153 Å². The van der Waals surface area contributed by atoms with Gasteiger partial charge >= 0.3 is 5.97 Å². The van der Waals surface area contributed by atoms with Crippen molar-refractivity contribution >= 4 is 5.97 Å². The molecule has 1 N–H and O–H groups in total. The zero-order valence-electron chi connectivity index (χ0n) is 15.0. The number of aliphatic carboxylic acids is 1. The minimum atomic E-state index is -0.963. The van der Waals surface area contributed by atoms with Crippen molar-refractivity contribution in [2.45, 2.75) is 26.4 Å². The second kappa shape index (κ2) is 7.87. The number of carboxylic acid groups (broad SMARTS) is 1. The molecule has 0 bridgehead atoms. The fourth-order valence-electron chi connectivity index (χ4n) is 2.84. The quantitative estimate of drug-likeness (QED) is 0.680. The highest BCUT2D eigenvalue weighted by Crippen LogP contribution is 2.23. The van der Waals surface area contributed by atoms with Gasteiger partial charge in [0.25, 0.3) is 0 Å². The maximum atomic E-state index is 11.6. The van der Waals surface area contributed by atoms with Crippen LogP contribution in [0.3, 0.4) is 0 Å². The van der Waals surface area contributed by atoms with E-state index in [9.17, 15) is 9.90 Å². The summed E-state index contributed by atoms with van der Waals surface area (Å²) in [4.78, 5) is 11.6. The van der Waals surface area contributed by atoms with E-state index < -0.39 is 12.1 Å².